The molecule has 0 saturated carbocycles. The number of allylic oxidation sites excluding steroid dienone is 1. The maximum atomic E-state index is 13.6. The molecule has 2 aromatic carbocycles. The molecule has 0 aliphatic heterocycles. The van der Waals surface area contributed by atoms with Crippen LogP contribution < -0.4 is 5.32 Å². The third-order valence-electron chi connectivity index (χ3n) is 4.34. The first-order valence-electron chi connectivity index (χ1n) is 9.29. The molecule has 0 heterocycles. The molecule has 0 spiro atoms. The fraction of sp³-hybridized carbons (Fsp3) is 0.348. The molecule has 0 unspecified atom stereocenters. The van der Waals surface area contributed by atoms with Gasteiger partial charge in [0.05, 0.1) is 16.3 Å². The molecule has 0 aliphatic carbocycles. The minimum atomic E-state index is -0.976. The molecule has 0 saturated heterocycles. The SMILES string of the molecule is CN/C=C(\C)c1cc(C(C)(C)O)ccc1C(=NC(C)C)c1ccc(F)cc1Cl. The van der Waals surface area contributed by atoms with Crippen LogP contribution in [0.3, 0.4) is 0 Å². The maximum absolute atomic E-state index is 13.6. The van der Waals surface area contributed by atoms with Crippen LogP contribution in [-0.2, 0) is 5.60 Å². The van der Waals surface area contributed by atoms with Crippen LogP contribution in [0, 0.1) is 5.82 Å². The summed E-state index contributed by atoms with van der Waals surface area (Å²) < 4.78 is 13.6. The van der Waals surface area contributed by atoms with E-state index in [9.17, 15) is 9.50 Å². The molecule has 0 radical (unpaired) electrons. The minimum Gasteiger partial charge on any atom is -0.394 e. The monoisotopic (exact) mass is 402 g/mol. The van der Waals surface area contributed by atoms with E-state index in [4.69, 9.17) is 16.6 Å². The summed E-state index contributed by atoms with van der Waals surface area (Å²) in [6.45, 7) is 9.46. The highest BCUT2D eigenvalue weighted by molar-refractivity contribution is 6.35. The van der Waals surface area contributed by atoms with E-state index >= 15 is 0 Å². The second-order valence-corrected chi connectivity index (χ2v) is 8.04. The van der Waals surface area contributed by atoms with Crippen molar-refractivity contribution in [3.63, 3.8) is 0 Å². The number of hydrogen-bond donors (Lipinski definition) is 2. The standard InChI is InChI=1S/C23H28ClFN2O/c1-14(2)27-22(19-10-8-17(25)12-21(19)24)18-9-7-16(23(4,5)28)11-20(18)15(3)13-26-6/h7-14,26,28H,1-6H3/b15-13+,27-22?. The van der Waals surface area contributed by atoms with Gasteiger partial charge in [-0.25, -0.2) is 4.39 Å². The van der Waals surface area contributed by atoms with Crippen molar-refractivity contribution in [2.45, 2.75) is 46.3 Å². The van der Waals surface area contributed by atoms with Crippen molar-refractivity contribution in [2.24, 2.45) is 4.99 Å². The van der Waals surface area contributed by atoms with Crippen LogP contribution >= 0.6 is 11.6 Å². The van der Waals surface area contributed by atoms with Crippen LogP contribution in [0.25, 0.3) is 5.57 Å². The van der Waals surface area contributed by atoms with Gasteiger partial charge in [0.1, 0.15) is 5.82 Å². The molecule has 0 bridgehead atoms. The summed E-state index contributed by atoms with van der Waals surface area (Å²) in [6, 6.07) is 10.2. The van der Waals surface area contributed by atoms with Gasteiger partial charge in [-0.2, -0.15) is 0 Å². The largest absolute Gasteiger partial charge is 0.394 e. The van der Waals surface area contributed by atoms with Gasteiger partial charge in [-0.3, -0.25) is 4.99 Å². The Balaban J connectivity index is 2.81. The van der Waals surface area contributed by atoms with E-state index in [2.05, 4.69) is 5.32 Å². The first kappa shape index (κ1) is 22.1. The van der Waals surface area contributed by atoms with Gasteiger partial charge in [-0.1, -0.05) is 23.7 Å². The normalized spacial score (nSPS) is 13.2. The summed E-state index contributed by atoms with van der Waals surface area (Å²) in [5.74, 6) is -0.387. The molecular weight excluding hydrogens is 375 g/mol. The van der Waals surface area contributed by atoms with E-state index < -0.39 is 5.60 Å². The van der Waals surface area contributed by atoms with Crippen molar-refractivity contribution < 1.29 is 9.50 Å². The van der Waals surface area contributed by atoms with E-state index in [0.717, 1.165) is 22.3 Å². The van der Waals surface area contributed by atoms with Gasteiger partial charge >= 0.3 is 0 Å². The predicted molar refractivity (Wildman–Crippen MR) is 117 cm³/mol. The van der Waals surface area contributed by atoms with Gasteiger partial charge in [0.25, 0.3) is 0 Å². The van der Waals surface area contributed by atoms with Crippen LogP contribution in [0.1, 0.15) is 56.9 Å². The fourth-order valence-electron chi connectivity index (χ4n) is 2.98. The Bertz CT molecular complexity index is 911. The number of benzene rings is 2. The molecule has 0 amide bonds. The van der Waals surface area contributed by atoms with E-state index in [1.807, 2.05) is 52.2 Å². The zero-order valence-electron chi connectivity index (χ0n) is 17.3. The van der Waals surface area contributed by atoms with Crippen LogP contribution in [0.4, 0.5) is 4.39 Å². The van der Waals surface area contributed by atoms with Crippen LogP contribution in [-0.4, -0.2) is 23.9 Å². The van der Waals surface area contributed by atoms with Crippen molar-refractivity contribution in [2.75, 3.05) is 7.05 Å². The van der Waals surface area contributed by atoms with E-state index in [1.165, 1.54) is 12.1 Å². The van der Waals surface area contributed by atoms with Gasteiger partial charge in [0, 0.05) is 24.2 Å². The van der Waals surface area contributed by atoms with Gasteiger partial charge in [0.15, 0.2) is 0 Å². The molecule has 5 heteroatoms. The number of aliphatic imine (C=N–C) groups is 1. The van der Waals surface area contributed by atoms with Crippen molar-refractivity contribution in [3.8, 4) is 0 Å². The Hall–Kier alpha value is -2.17. The Morgan fingerprint density at radius 3 is 2.32 bits per heavy atom. The molecule has 2 rings (SSSR count). The highest BCUT2D eigenvalue weighted by Gasteiger charge is 2.21. The van der Waals surface area contributed by atoms with Crippen molar-refractivity contribution in [3.05, 3.63) is 75.7 Å². The molecule has 2 aromatic rings. The van der Waals surface area contributed by atoms with Gasteiger partial charge in [-0.05, 0) is 81.8 Å². The second-order valence-electron chi connectivity index (χ2n) is 7.63. The van der Waals surface area contributed by atoms with Gasteiger partial charge in [-0.15, -0.1) is 0 Å². The Labute approximate surface area is 172 Å². The molecule has 0 aliphatic rings. The Kier molecular flexibility index (Phi) is 7.02. The molecule has 28 heavy (non-hydrogen) atoms. The molecule has 0 aromatic heterocycles. The number of hydrogen-bond acceptors (Lipinski definition) is 3. The molecule has 0 fully saturated rings. The molecular formula is C23H28ClFN2O. The fourth-order valence-corrected chi connectivity index (χ4v) is 3.23. The first-order chi connectivity index (χ1) is 13.0. The van der Waals surface area contributed by atoms with E-state index in [-0.39, 0.29) is 11.9 Å². The molecule has 150 valence electrons. The number of nitrogens with zero attached hydrogens (tertiary/aromatic N) is 1. The number of aliphatic hydroxyl groups is 1. The van der Waals surface area contributed by atoms with Crippen molar-refractivity contribution in [1.82, 2.24) is 5.32 Å². The summed E-state index contributed by atoms with van der Waals surface area (Å²) >= 11 is 6.37. The molecule has 2 N–H and O–H groups in total. The minimum absolute atomic E-state index is 0.0199. The summed E-state index contributed by atoms with van der Waals surface area (Å²) in [5.41, 5.74) is 3.97. The third-order valence-corrected chi connectivity index (χ3v) is 4.65. The van der Waals surface area contributed by atoms with Gasteiger partial charge in [0.2, 0.25) is 0 Å². The van der Waals surface area contributed by atoms with E-state index in [1.54, 1.807) is 19.9 Å². The van der Waals surface area contributed by atoms with E-state index in [0.29, 0.717) is 16.3 Å². The maximum Gasteiger partial charge on any atom is 0.124 e. The average Bonchev–Trinajstić information content (AvgIpc) is 2.59. The topological polar surface area (TPSA) is 44.6 Å². The number of nitrogens with one attached hydrogen (secondary N) is 1. The lowest BCUT2D eigenvalue weighted by atomic mass is 9.88. The first-order valence-corrected chi connectivity index (χ1v) is 9.67. The highest BCUT2D eigenvalue weighted by atomic mass is 35.5. The summed E-state index contributed by atoms with van der Waals surface area (Å²) in [6.07, 6.45) is 1.90. The summed E-state index contributed by atoms with van der Waals surface area (Å²) in [4.78, 5) is 4.80. The molecule has 3 nitrogen and oxygen atoms in total. The van der Waals surface area contributed by atoms with Crippen LogP contribution in [0.15, 0.2) is 47.6 Å². The Morgan fingerprint density at radius 1 is 1.14 bits per heavy atom. The number of halogens is 2. The highest BCUT2D eigenvalue weighted by Crippen LogP contribution is 2.30. The van der Waals surface area contributed by atoms with Crippen molar-refractivity contribution >= 4 is 22.9 Å². The second kappa shape index (κ2) is 8.89. The molecule has 0 atom stereocenters. The summed E-state index contributed by atoms with van der Waals surface area (Å²) in [7, 11) is 1.84. The lowest BCUT2D eigenvalue weighted by Crippen LogP contribution is -2.17. The summed E-state index contributed by atoms with van der Waals surface area (Å²) in [5, 5.41) is 13.8. The van der Waals surface area contributed by atoms with Crippen LogP contribution in [0.2, 0.25) is 5.02 Å². The lowest BCUT2D eigenvalue weighted by molar-refractivity contribution is 0.0786. The van der Waals surface area contributed by atoms with Crippen molar-refractivity contribution in [1.29, 1.82) is 0 Å². The lowest BCUT2D eigenvalue weighted by Gasteiger charge is -2.22. The quantitative estimate of drug-likeness (QED) is 0.623. The number of rotatable bonds is 6. The zero-order valence-corrected chi connectivity index (χ0v) is 18.0. The van der Waals surface area contributed by atoms with Gasteiger partial charge < -0.3 is 10.4 Å². The average molecular weight is 403 g/mol. The van der Waals surface area contributed by atoms with Crippen LogP contribution in [0.5, 0.6) is 0 Å². The Morgan fingerprint density at radius 2 is 1.79 bits per heavy atom. The zero-order chi connectivity index (χ0) is 21.1. The smallest absolute Gasteiger partial charge is 0.124 e. The third kappa shape index (κ3) is 5.21. The predicted octanol–water partition coefficient (Wildman–Crippen LogP) is 5.53.